The molecule has 1 unspecified atom stereocenters. The van der Waals surface area contributed by atoms with Crippen LogP contribution in [0.15, 0.2) is 127 Å². The van der Waals surface area contributed by atoms with Gasteiger partial charge in [-0.05, 0) is 104 Å². The maximum Gasteiger partial charge on any atom is 0.311 e. The lowest BCUT2D eigenvalue weighted by molar-refractivity contribution is -0.398. The minimum Gasteiger partial charge on any atom is -0.457 e. The highest BCUT2D eigenvalue weighted by Crippen LogP contribution is 2.43. The molecular formula is C87H134O32. The summed E-state index contributed by atoms with van der Waals surface area (Å²) in [6.45, 7) is 61.2. The lowest BCUT2D eigenvalue weighted by atomic mass is 9.93. The van der Waals surface area contributed by atoms with Crippen LogP contribution in [-0.4, -0.2) is 294 Å². The average molecular weight is 1690 g/mol. The Kier molecular flexibility index (Phi) is 42.4. The number of carbonyl (C=O) groups is 6. The molecule has 0 bridgehead atoms. The van der Waals surface area contributed by atoms with E-state index in [0.717, 1.165) is 0 Å². The van der Waals surface area contributed by atoms with Gasteiger partial charge in [-0.3, -0.25) is 28.8 Å². The molecule has 0 aromatic carbocycles. The summed E-state index contributed by atoms with van der Waals surface area (Å²) in [4.78, 5) is 86.0. The summed E-state index contributed by atoms with van der Waals surface area (Å²) >= 11 is 0. The molecular weight excluding hydrogens is 1560 g/mol. The monoisotopic (exact) mass is 1690 g/mol. The summed E-state index contributed by atoms with van der Waals surface area (Å²) in [5, 5.41) is 11.8. The fourth-order valence-corrected chi connectivity index (χ4v) is 12.4. The number of ether oxygens (including phenoxy) is 25. The minimum absolute atomic E-state index is 0.0103. The van der Waals surface area contributed by atoms with Crippen molar-refractivity contribution >= 4 is 35.8 Å². The second-order valence-corrected chi connectivity index (χ2v) is 33.9. The number of aliphatic hydroxyl groups excluding tert-OH is 1. The van der Waals surface area contributed by atoms with Gasteiger partial charge in [0.25, 0.3) is 0 Å². The number of esters is 6. The molecule has 0 aliphatic carbocycles. The molecule has 5 rings (SSSR count). The first-order chi connectivity index (χ1) is 56.1. The van der Waals surface area contributed by atoms with E-state index in [1.807, 2.05) is 0 Å². The SMILES string of the molecule is C=CCOCC1O[C@@H](O[C@@H]2[C@@H](OCC=C)[C@H](OC(=O)C(C)(C)C)[C@H](O[C@@H]3[C@@H](OCC=C)[C@H](OC(=O)C(C)(C)C)[C@H](O)O[C@@H]3COCC=C)O[C@@H]2COCC=C)[C@@H](OC(=O)C(C)(C)C)[C@H](OCC=C)[C@H]1O[C@H]1O[C@@H](COCC=C)[C@@H](O[C@H]2O[C@@H](COCC=C)[C@@H](OC(C)=O)[C@H](OCC=C)[C@H]2OC(=O)C(C)(C)C)[C@H](OCC=C)[C@H]1OC(=O)C(C)(C)C. The number of hydrogen-bond donors (Lipinski definition) is 1. The zero-order valence-corrected chi connectivity index (χ0v) is 72.5. The Morgan fingerprint density at radius 3 is 0.647 bits per heavy atom. The topological polar surface area (TPSA) is 353 Å². The van der Waals surface area contributed by atoms with Crippen molar-refractivity contribution in [1.29, 1.82) is 0 Å². The van der Waals surface area contributed by atoms with Crippen LogP contribution in [0.5, 0.6) is 0 Å². The van der Waals surface area contributed by atoms with Gasteiger partial charge in [-0.2, -0.15) is 0 Å². The normalized spacial score (nSPS) is 31.3. The number of hydrogen-bond acceptors (Lipinski definition) is 32. The molecule has 32 heteroatoms. The number of aliphatic hydroxyl groups is 1. The van der Waals surface area contributed by atoms with Crippen LogP contribution < -0.4 is 0 Å². The standard InChI is InChI=1S/C87H134O32/c1-27-37-95-47-53-59(63(100-42-32-6)68(73(89)106-53)115-78(90)83(12,13)14)111-75-70(117-80(92)85(18,19)20)65(102-44-34-8)61(55(108-75)49-97-39-29-3)113-77-72(119-82(94)87(24,25)26)67(104-46-36-10)62(57(110-77)51-99-41-31-5)114-76-71(118-81(93)86(21,22)23)66(103-45-35-9)60(56(109-76)50-98-40-30-4)112-74-69(116-79(91)84(15,16)17)64(101-43-33-7)58(105-52(11)88)54(107-74)48-96-38-28-2/h27-36,53-77,89H,1-10,37-51H2,11-26H3/t53-,54+,55-,56+,57?,58-,59+,60-,61+,62+,63-,64+,65-,66+,67-,68+,69-,70+,71-,72+,73-,74-,75+,76-,77+/m1/s1. The minimum atomic E-state index is -1.84. The van der Waals surface area contributed by atoms with Crippen LogP contribution in [0.3, 0.4) is 0 Å². The van der Waals surface area contributed by atoms with Gasteiger partial charge in [0.1, 0.15) is 85.5 Å². The van der Waals surface area contributed by atoms with E-state index in [1.165, 1.54) is 67.7 Å². The fourth-order valence-electron chi connectivity index (χ4n) is 12.4. The van der Waals surface area contributed by atoms with Crippen molar-refractivity contribution < 1.29 is 152 Å². The zero-order valence-electron chi connectivity index (χ0n) is 72.5. The van der Waals surface area contributed by atoms with Gasteiger partial charge in [0.15, 0.2) is 68.1 Å². The van der Waals surface area contributed by atoms with Crippen LogP contribution in [-0.2, 0) is 147 Å². The number of carbonyl (C=O) groups excluding carboxylic acids is 6. The maximum absolute atomic E-state index is 15.1. The molecule has 5 fully saturated rings. The maximum atomic E-state index is 15.1. The molecule has 32 nitrogen and oxygen atoms in total. The van der Waals surface area contributed by atoms with Crippen molar-refractivity contribution in [1.82, 2.24) is 0 Å². The van der Waals surface area contributed by atoms with Gasteiger partial charge in [-0.15, -0.1) is 65.8 Å². The van der Waals surface area contributed by atoms with Crippen molar-refractivity contribution in [3.63, 3.8) is 0 Å². The molecule has 119 heavy (non-hydrogen) atoms. The van der Waals surface area contributed by atoms with Crippen LogP contribution >= 0.6 is 0 Å². The average Bonchev–Trinajstić information content (AvgIpc) is 0.751. The van der Waals surface area contributed by atoms with Crippen LogP contribution in [0, 0.1) is 27.1 Å². The van der Waals surface area contributed by atoms with E-state index in [-0.39, 0.29) is 92.5 Å². The highest BCUT2D eigenvalue weighted by Gasteiger charge is 2.63. The van der Waals surface area contributed by atoms with E-state index in [9.17, 15) is 29.1 Å². The van der Waals surface area contributed by atoms with Crippen LogP contribution in [0.1, 0.15) is 111 Å². The molecule has 0 radical (unpaired) electrons. The van der Waals surface area contributed by atoms with Gasteiger partial charge in [-0.1, -0.05) is 60.8 Å². The summed E-state index contributed by atoms with van der Waals surface area (Å²) in [6.07, 6.45) is -24.2. The highest BCUT2D eigenvalue weighted by atomic mass is 16.8. The largest absolute Gasteiger partial charge is 0.457 e. The first-order valence-electron chi connectivity index (χ1n) is 40.0. The van der Waals surface area contributed by atoms with Crippen LogP contribution in [0.2, 0.25) is 0 Å². The molecule has 0 aromatic heterocycles. The first-order valence-corrected chi connectivity index (χ1v) is 40.0. The van der Waals surface area contributed by atoms with Crippen molar-refractivity contribution in [3.8, 4) is 0 Å². The van der Waals surface area contributed by atoms with Gasteiger partial charge in [0.2, 0.25) is 0 Å². The van der Waals surface area contributed by atoms with E-state index < -0.39 is 223 Å². The van der Waals surface area contributed by atoms with Crippen LogP contribution in [0.4, 0.5) is 0 Å². The summed E-state index contributed by atoms with van der Waals surface area (Å²) in [5.41, 5.74) is -6.05. The zero-order chi connectivity index (χ0) is 88.8. The van der Waals surface area contributed by atoms with E-state index in [0.29, 0.717) is 0 Å². The quantitative estimate of drug-likeness (QED) is 0.0257. The first kappa shape index (κ1) is 103. The molecule has 674 valence electrons. The number of rotatable bonds is 49. The molecule has 5 heterocycles. The third kappa shape index (κ3) is 30.7. The molecule has 0 spiro atoms. The Balaban J connectivity index is 1.85. The second kappa shape index (κ2) is 49.1. The lowest BCUT2D eigenvalue weighted by Crippen LogP contribution is -2.70. The van der Waals surface area contributed by atoms with Gasteiger partial charge in [-0.25, -0.2) is 0 Å². The van der Waals surface area contributed by atoms with Gasteiger partial charge in [0.05, 0.1) is 126 Å². The molecule has 5 aliphatic heterocycles. The van der Waals surface area contributed by atoms with E-state index in [1.54, 1.807) is 104 Å². The van der Waals surface area contributed by atoms with E-state index in [4.69, 9.17) is 118 Å². The Hall–Kier alpha value is -6.58. The fraction of sp³-hybridized carbons (Fsp3) is 0.701. The Bertz CT molecular complexity index is 3270. The Morgan fingerprint density at radius 1 is 0.261 bits per heavy atom. The van der Waals surface area contributed by atoms with Crippen molar-refractivity contribution in [2.75, 3.05) is 99.1 Å². The molecule has 1 N–H and O–H groups in total. The summed E-state index contributed by atoms with van der Waals surface area (Å²) < 4.78 is 165. The summed E-state index contributed by atoms with van der Waals surface area (Å²) in [6, 6.07) is 0. The van der Waals surface area contributed by atoms with E-state index in [2.05, 4.69) is 65.8 Å². The smallest absolute Gasteiger partial charge is 0.311 e. The van der Waals surface area contributed by atoms with E-state index >= 15 is 4.79 Å². The second-order valence-electron chi connectivity index (χ2n) is 33.9. The molecule has 0 saturated carbocycles. The van der Waals surface area contributed by atoms with Gasteiger partial charge >= 0.3 is 35.8 Å². The van der Waals surface area contributed by atoms with Gasteiger partial charge < -0.3 is 124 Å². The molecule has 5 aliphatic rings. The molecule has 25 atom stereocenters. The predicted octanol–water partition coefficient (Wildman–Crippen LogP) is 8.73. The highest BCUT2D eigenvalue weighted by molar-refractivity contribution is 5.77. The third-order valence-electron chi connectivity index (χ3n) is 18.3. The molecule has 0 aromatic rings. The van der Waals surface area contributed by atoms with Crippen molar-refractivity contribution in [3.05, 3.63) is 127 Å². The summed E-state index contributed by atoms with van der Waals surface area (Å²) in [5.74, 6) is -4.64. The molecule has 5 saturated heterocycles. The Labute approximate surface area is 702 Å². The predicted molar refractivity (Wildman–Crippen MR) is 432 cm³/mol. The van der Waals surface area contributed by atoms with Crippen molar-refractivity contribution in [2.24, 2.45) is 27.1 Å². The van der Waals surface area contributed by atoms with Crippen LogP contribution in [0.25, 0.3) is 0 Å². The van der Waals surface area contributed by atoms with Crippen molar-refractivity contribution in [2.45, 2.75) is 264 Å². The third-order valence-corrected chi connectivity index (χ3v) is 18.3. The summed E-state index contributed by atoms with van der Waals surface area (Å²) in [7, 11) is 0. The molecule has 0 amide bonds. The lowest BCUT2D eigenvalue weighted by Gasteiger charge is -2.52. The van der Waals surface area contributed by atoms with Gasteiger partial charge in [0, 0.05) is 6.92 Å². The Morgan fingerprint density at radius 2 is 0.445 bits per heavy atom.